The van der Waals surface area contributed by atoms with Crippen LogP contribution >= 0.6 is 0 Å². The van der Waals surface area contributed by atoms with E-state index in [-0.39, 0.29) is 6.10 Å². The van der Waals surface area contributed by atoms with E-state index in [0.717, 1.165) is 44.9 Å². The lowest BCUT2D eigenvalue weighted by Crippen LogP contribution is -2.44. The van der Waals surface area contributed by atoms with Gasteiger partial charge in [-0.1, -0.05) is 12.8 Å². The maximum absolute atomic E-state index is 9.94. The number of likely N-dealkylation sites (tertiary alicyclic amines) is 1. The molecule has 0 aromatic rings. The van der Waals surface area contributed by atoms with E-state index in [1.54, 1.807) is 0 Å². The molecule has 0 aromatic heterocycles. The van der Waals surface area contributed by atoms with E-state index in [1.807, 2.05) is 0 Å². The van der Waals surface area contributed by atoms with Crippen LogP contribution in [0.15, 0.2) is 0 Å². The van der Waals surface area contributed by atoms with Crippen molar-refractivity contribution in [2.45, 2.75) is 38.2 Å². The van der Waals surface area contributed by atoms with Gasteiger partial charge in [-0.05, 0) is 44.2 Å². The molecule has 0 spiro atoms. The Kier molecular flexibility index (Phi) is 4.00. The highest BCUT2D eigenvalue weighted by atomic mass is 16.3. The van der Waals surface area contributed by atoms with Crippen molar-refractivity contribution in [1.29, 1.82) is 0 Å². The molecule has 88 valence electrons. The molecule has 2 fully saturated rings. The Hall–Kier alpha value is -0.120. The molecule has 0 amide bonds. The lowest BCUT2D eigenvalue weighted by atomic mass is 9.90. The van der Waals surface area contributed by atoms with Gasteiger partial charge in [0.2, 0.25) is 0 Å². The second kappa shape index (κ2) is 5.28. The zero-order chi connectivity index (χ0) is 10.7. The first-order valence-electron chi connectivity index (χ1n) is 6.40. The van der Waals surface area contributed by atoms with Gasteiger partial charge in [0.15, 0.2) is 0 Å². The summed E-state index contributed by atoms with van der Waals surface area (Å²) in [7, 11) is 0. The summed E-state index contributed by atoms with van der Waals surface area (Å²) in [6.45, 7) is 4.05. The number of rotatable bonds is 5. The Bertz CT molecular complexity index is 192. The Morgan fingerprint density at radius 3 is 2.73 bits per heavy atom. The molecule has 1 saturated carbocycles. The molecule has 2 rings (SSSR count). The molecule has 15 heavy (non-hydrogen) atoms. The van der Waals surface area contributed by atoms with Crippen LogP contribution in [0.25, 0.3) is 0 Å². The minimum Gasteiger partial charge on any atom is -0.393 e. The minimum atomic E-state index is -0.0419. The van der Waals surface area contributed by atoms with Crippen LogP contribution in [0.2, 0.25) is 0 Å². The molecule has 3 heteroatoms. The highest BCUT2D eigenvalue weighted by Crippen LogP contribution is 2.37. The molecule has 0 radical (unpaired) electrons. The van der Waals surface area contributed by atoms with Crippen molar-refractivity contribution < 1.29 is 5.11 Å². The lowest BCUT2D eigenvalue weighted by Gasteiger charge is -2.36. The van der Waals surface area contributed by atoms with Crippen molar-refractivity contribution in [2.75, 3.05) is 26.2 Å². The van der Waals surface area contributed by atoms with Crippen LogP contribution < -0.4 is 5.73 Å². The number of nitrogens with two attached hydrogens (primary N) is 1. The predicted octanol–water partition coefficient (Wildman–Crippen LogP) is 0.818. The molecule has 2 unspecified atom stereocenters. The quantitative estimate of drug-likeness (QED) is 0.709. The largest absolute Gasteiger partial charge is 0.393 e. The first-order valence-corrected chi connectivity index (χ1v) is 6.40. The van der Waals surface area contributed by atoms with E-state index >= 15 is 0 Å². The summed E-state index contributed by atoms with van der Waals surface area (Å²) in [6.07, 6.45) is 6.05. The van der Waals surface area contributed by atoms with Gasteiger partial charge in [-0.3, -0.25) is 0 Å². The summed E-state index contributed by atoms with van der Waals surface area (Å²) in [5, 5.41) is 9.94. The second-order valence-corrected chi connectivity index (χ2v) is 5.24. The average Bonchev–Trinajstić information content (AvgIpc) is 3.03. The van der Waals surface area contributed by atoms with Crippen molar-refractivity contribution in [3.8, 4) is 0 Å². The molecule has 3 N–H and O–H groups in total. The molecular weight excluding hydrogens is 188 g/mol. The van der Waals surface area contributed by atoms with Gasteiger partial charge in [-0.2, -0.15) is 0 Å². The van der Waals surface area contributed by atoms with Crippen LogP contribution in [0.5, 0.6) is 0 Å². The highest BCUT2D eigenvalue weighted by molar-refractivity contribution is 4.85. The Labute approximate surface area is 92.6 Å². The molecule has 1 heterocycles. The van der Waals surface area contributed by atoms with Crippen LogP contribution in [-0.2, 0) is 0 Å². The Morgan fingerprint density at radius 2 is 2.07 bits per heavy atom. The molecule has 1 aliphatic heterocycles. The maximum atomic E-state index is 9.94. The van der Waals surface area contributed by atoms with E-state index in [2.05, 4.69) is 4.90 Å². The third-order valence-corrected chi connectivity index (χ3v) is 3.79. The van der Waals surface area contributed by atoms with Crippen molar-refractivity contribution in [1.82, 2.24) is 4.90 Å². The van der Waals surface area contributed by atoms with Gasteiger partial charge in [0, 0.05) is 13.1 Å². The molecule has 3 nitrogen and oxygen atoms in total. The van der Waals surface area contributed by atoms with Gasteiger partial charge in [-0.25, -0.2) is 0 Å². The number of hydrogen-bond acceptors (Lipinski definition) is 3. The molecule has 0 bridgehead atoms. The standard InChI is InChI=1S/C12H24N2O/c13-5-1-6-14-7-4-12(15)11(9-14)8-10-2-3-10/h10-12,15H,1-9,13H2. The summed E-state index contributed by atoms with van der Waals surface area (Å²) in [6, 6.07) is 0. The monoisotopic (exact) mass is 212 g/mol. The summed E-state index contributed by atoms with van der Waals surface area (Å²) in [4.78, 5) is 2.48. The topological polar surface area (TPSA) is 49.5 Å². The van der Waals surface area contributed by atoms with Crippen molar-refractivity contribution in [3.63, 3.8) is 0 Å². The smallest absolute Gasteiger partial charge is 0.0592 e. The van der Waals surface area contributed by atoms with Crippen LogP contribution in [0.3, 0.4) is 0 Å². The summed E-state index contributed by atoms with van der Waals surface area (Å²) >= 11 is 0. The van der Waals surface area contributed by atoms with Gasteiger partial charge in [0.25, 0.3) is 0 Å². The van der Waals surface area contributed by atoms with E-state index in [1.165, 1.54) is 19.3 Å². The zero-order valence-corrected chi connectivity index (χ0v) is 9.57. The first-order chi connectivity index (χ1) is 7.29. The van der Waals surface area contributed by atoms with Gasteiger partial charge < -0.3 is 15.7 Å². The normalized spacial score (nSPS) is 33.2. The molecule has 1 aliphatic carbocycles. The number of hydrogen-bond donors (Lipinski definition) is 2. The summed E-state index contributed by atoms with van der Waals surface area (Å²) in [5.41, 5.74) is 5.52. The SMILES string of the molecule is NCCCN1CCC(O)C(CC2CC2)C1. The fourth-order valence-corrected chi connectivity index (χ4v) is 2.63. The van der Waals surface area contributed by atoms with Gasteiger partial charge in [0.1, 0.15) is 0 Å². The van der Waals surface area contributed by atoms with E-state index in [0.29, 0.717) is 5.92 Å². The fourth-order valence-electron chi connectivity index (χ4n) is 2.63. The Balaban J connectivity index is 1.75. The number of piperidine rings is 1. The fraction of sp³-hybridized carbons (Fsp3) is 1.00. The highest BCUT2D eigenvalue weighted by Gasteiger charge is 2.32. The van der Waals surface area contributed by atoms with Gasteiger partial charge in [-0.15, -0.1) is 0 Å². The maximum Gasteiger partial charge on any atom is 0.0592 e. The molecule has 2 atom stereocenters. The lowest BCUT2D eigenvalue weighted by molar-refractivity contribution is 0.0204. The van der Waals surface area contributed by atoms with E-state index < -0.39 is 0 Å². The average molecular weight is 212 g/mol. The van der Waals surface area contributed by atoms with Crippen molar-refractivity contribution in [2.24, 2.45) is 17.6 Å². The summed E-state index contributed by atoms with van der Waals surface area (Å²) in [5.74, 6) is 1.46. The first kappa shape index (κ1) is 11.4. The molecular formula is C12H24N2O. The van der Waals surface area contributed by atoms with Crippen molar-refractivity contribution >= 4 is 0 Å². The van der Waals surface area contributed by atoms with E-state index in [9.17, 15) is 5.11 Å². The van der Waals surface area contributed by atoms with Crippen LogP contribution in [0.1, 0.15) is 32.1 Å². The Morgan fingerprint density at radius 1 is 1.27 bits per heavy atom. The molecule has 1 saturated heterocycles. The number of aliphatic hydroxyl groups excluding tert-OH is 1. The van der Waals surface area contributed by atoms with Crippen LogP contribution in [-0.4, -0.2) is 42.3 Å². The third kappa shape index (κ3) is 3.44. The second-order valence-electron chi connectivity index (χ2n) is 5.24. The molecule has 2 aliphatic rings. The number of nitrogens with zero attached hydrogens (tertiary/aromatic N) is 1. The van der Waals surface area contributed by atoms with Crippen LogP contribution in [0.4, 0.5) is 0 Å². The van der Waals surface area contributed by atoms with E-state index in [4.69, 9.17) is 5.73 Å². The minimum absolute atomic E-state index is 0.0419. The van der Waals surface area contributed by atoms with Gasteiger partial charge in [0.05, 0.1) is 6.10 Å². The zero-order valence-electron chi connectivity index (χ0n) is 9.57. The predicted molar refractivity (Wildman–Crippen MR) is 61.6 cm³/mol. The number of aliphatic hydroxyl groups is 1. The van der Waals surface area contributed by atoms with Gasteiger partial charge >= 0.3 is 0 Å². The molecule has 0 aromatic carbocycles. The van der Waals surface area contributed by atoms with Crippen LogP contribution in [0, 0.1) is 11.8 Å². The summed E-state index contributed by atoms with van der Waals surface area (Å²) < 4.78 is 0. The third-order valence-electron chi connectivity index (χ3n) is 3.79. The van der Waals surface area contributed by atoms with Crippen molar-refractivity contribution in [3.05, 3.63) is 0 Å².